The van der Waals surface area contributed by atoms with Crippen molar-refractivity contribution >= 4 is 34.0 Å². The average Bonchev–Trinajstić information content (AvgIpc) is 2.31. The third-order valence-electron chi connectivity index (χ3n) is 3.79. The Morgan fingerprint density at radius 2 is 2.05 bits per heavy atom. The van der Waals surface area contributed by atoms with Crippen LogP contribution in [0.2, 0.25) is 5.02 Å². The fourth-order valence-electron chi connectivity index (χ4n) is 2.35. The Labute approximate surface area is 135 Å². The second-order valence-corrected chi connectivity index (χ2v) is 8.14. The molecule has 0 aliphatic carbocycles. The highest BCUT2D eigenvalue weighted by molar-refractivity contribution is 7.89. The lowest BCUT2D eigenvalue weighted by atomic mass is 9.81. The first-order valence-electron chi connectivity index (χ1n) is 6.35. The van der Waals surface area contributed by atoms with Crippen LogP contribution in [0.15, 0.2) is 23.1 Å². The van der Waals surface area contributed by atoms with Gasteiger partial charge in [0.1, 0.15) is 10.7 Å². The zero-order valence-electron chi connectivity index (χ0n) is 11.8. The molecule has 1 unspecified atom stereocenters. The topological polar surface area (TPSA) is 63.4 Å². The molecule has 0 radical (unpaired) electrons. The van der Waals surface area contributed by atoms with E-state index in [1.165, 1.54) is 16.4 Å². The first kappa shape index (κ1) is 18.6. The van der Waals surface area contributed by atoms with Gasteiger partial charge in [-0.25, -0.2) is 12.8 Å². The third-order valence-corrected chi connectivity index (χ3v) is 5.90. The first-order valence-corrected chi connectivity index (χ1v) is 8.17. The molecule has 1 aliphatic heterocycles. The molecule has 0 amide bonds. The molecule has 2 rings (SSSR count). The zero-order chi connectivity index (χ0) is 15.1. The summed E-state index contributed by atoms with van der Waals surface area (Å²) in [6, 6.07) is 3.52. The molecule has 4 nitrogen and oxygen atoms in total. The number of hydrogen-bond donors (Lipinski definition) is 1. The van der Waals surface area contributed by atoms with Crippen molar-refractivity contribution in [1.82, 2.24) is 4.31 Å². The molecule has 21 heavy (non-hydrogen) atoms. The largest absolute Gasteiger partial charge is 0.327 e. The summed E-state index contributed by atoms with van der Waals surface area (Å²) in [4.78, 5) is -0.340. The van der Waals surface area contributed by atoms with E-state index in [0.29, 0.717) is 13.0 Å². The Balaban J connectivity index is 0.00000220. The van der Waals surface area contributed by atoms with Crippen LogP contribution in [0.1, 0.15) is 20.3 Å². The van der Waals surface area contributed by atoms with Gasteiger partial charge in [-0.05, 0) is 30.0 Å². The van der Waals surface area contributed by atoms with Crippen LogP contribution in [0.4, 0.5) is 4.39 Å². The highest BCUT2D eigenvalue weighted by atomic mass is 35.5. The summed E-state index contributed by atoms with van der Waals surface area (Å²) >= 11 is 5.65. The molecule has 0 aromatic heterocycles. The predicted octanol–water partition coefficient (Wildman–Crippen LogP) is 2.65. The molecule has 120 valence electrons. The number of rotatable bonds is 2. The minimum absolute atomic E-state index is 0. The van der Waals surface area contributed by atoms with Crippen LogP contribution in [-0.4, -0.2) is 31.9 Å². The van der Waals surface area contributed by atoms with Crippen LogP contribution in [0.25, 0.3) is 0 Å². The normalized spacial score (nSPS) is 22.6. The summed E-state index contributed by atoms with van der Waals surface area (Å²) < 4.78 is 40.2. The molecule has 2 N–H and O–H groups in total. The number of nitrogens with zero attached hydrogens (tertiary/aromatic N) is 1. The average molecular weight is 357 g/mol. The van der Waals surface area contributed by atoms with Crippen LogP contribution < -0.4 is 5.73 Å². The fourth-order valence-corrected chi connectivity index (χ4v) is 4.18. The first-order chi connectivity index (χ1) is 9.14. The summed E-state index contributed by atoms with van der Waals surface area (Å²) in [5.41, 5.74) is 5.65. The highest BCUT2D eigenvalue weighted by Gasteiger charge is 2.39. The molecule has 0 bridgehead atoms. The molecular formula is C13H19Cl2FN2O2S. The number of sulfonamides is 1. The molecule has 1 aromatic rings. The quantitative estimate of drug-likeness (QED) is 0.885. The van der Waals surface area contributed by atoms with Crippen molar-refractivity contribution in [3.05, 3.63) is 29.0 Å². The predicted molar refractivity (Wildman–Crippen MR) is 83.8 cm³/mol. The van der Waals surface area contributed by atoms with E-state index in [4.69, 9.17) is 17.3 Å². The Bertz CT molecular complexity index is 623. The number of hydrogen-bond acceptors (Lipinski definition) is 3. The molecular weight excluding hydrogens is 338 g/mol. The van der Waals surface area contributed by atoms with Gasteiger partial charge >= 0.3 is 0 Å². The summed E-state index contributed by atoms with van der Waals surface area (Å²) in [5, 5.41) is 0.169. The lowest BCUT2D eigenvalue weighted by Crippen LogP contribution is -2.53. The van der Waals surface area contributed by atoms with E-state index >= 15 is 0 Å². The highest BCUT2D eigenvalue weighted by Crippen LogP contribution is 2.32. The van der Waals surface area contributed by atoms with Crippen LogP contribution in [0, 0.1) is 11.2 Å². The van der Waals surface area contributed by atoms with Crippen molar-refractivity contribution in [2.24, 2.45) is 11.1 Å². The molecule has 1 atom stereocenters. The van der Waals surface area contributed by atoms with E-state index in [9.17, 15) is 12.8 Å². The molecule has 8 heteroatoms. The van der Waals surface area contributed by atoms with Crippen LogP contribution in [0.3, 0.4) is 0 Å². The van der Waals surface area contributed by atoms with E-state index in [-0.39, 0.29) is 40.3 Å². The third kappa shape index (κ3) is 3.68. The van der Waals surface area contributed by atoms with Crippen molar-refractivity contribution in [2.45, 2.75) is 31.2 Å². The standard InChI is InChI=1S/C13H18ClFN2O2S.ClH/c1-13(2)8-17(6-5-12(13)16)20(18,19)11-4-3-9(14)7-10(11)15;/h3-4,7,12H,5-6,8,16H2,1-2H3;1H. The lowest BCUT2D eigenvalue weighted by molar-refractivity contribution is 0.155. The maximum Gasteiger partial charge on any atom is 0.246 e. The van der Waals surface area contributed by atoms with E-state index < -0.39 is 15.8 Å². The molecule has 0 saturated carbocycles. The number of piperidine rings is 1. The number of halogens is 3. The van der Waals surface area contributed by atoms with Gasteiger partial charge in [0, 0.05) is 24.2 Å². The molecule has 1 fully saturated rings. The summed E-state index contributed by atoms with van der Waals surface area (Å²) in [5.74, 6) is -0.829. The maximum absolute atomic E-state index is 13.9. The smallest absolute Gasteiger partial charge is 0.246 e. The molecule has 1 saturated heterocycles. The second kappa shape index (κ2) is 6.38. The second-order valence-electron chi connectivity index (χ2n) is 5.80. The van der Waals surface area contributed by atoms with Gasteiger partial charge in [-0.1, -0.05) is 25.4 Å². The summed E-state index contributed by atoms with van der Waals surface area (Å²) in [7, 11) is -3.86. The maximum atomic E-state index is 13.9. The molecule has 1 aromatic carbocycles. The Kier molecular flexibility index (Phi) is 5.67. The van der Waals surface area contributed by atoms with Gasteiger partial charge in [-0.3, -0.25) is 0 Å². The Morgan fingerprint density at radius 1 is 1.43 bits per heavy atom. The van der Waals surface area contributed by atoms with E-state index in [1.807, 2.05) is 13.8 Å². The molecule has 1 heterocycles. The Hall–Kier alpha value is -0.400. The van der Waals surface area contributed by atoms with Crippen LogP contribution >= 0.6 is 24.0 Å². The van der Waals surface area contributed by atoms with E-state index in [2.05, 4.69) is 0 Å². The van der Waals surface area contributed by atoms with Gasteiger partial charge in [0.2, 0.25) is 10.0 Å². The van der Waals surface area contributed by atoms with Gasteiger partial charge < -0.3 is 5.73 Å². The lowest BCUT2D eigenvalue weighted by Gasteiger charge is -2.41. The van der Waals surface area contributed by atoms with Gasteiger partial charge in [0.25, 0.3) is 0 Å². The zero-order valence-corrected chi connectivity index (χ0v) is 14.2. The number of nitrogens with two attached hydrogens (primary N) is 1. The van der Waals surface area contributed by atoms with Crippen molar-refractivity contribution < 1.29 is 12.8 Å². The van der Waals surface area contributed by atoms with Gasteiger partial charge in [0.15, 0.2) is 0 Å². The summed E-state index contributed by atoms with van der Waals surface area (Å²) in [6.45, 7) is 4.41. The summed E-state index contributed by atoms with van der Waals surface area (Å²) in [6.07, 6.45) is 0.557. The monoisotopic (exact) mass is 356 g/mol. The van der Waals surface area contributed by atoms with E-state index in [0.717, 1.165) is 6.07 Å². The molecule has 1 aliphatic rings. The minimum Gasteiger partial charge on any atom is -0.327 e. The van der Waals surface area contributed by atoms with E-state index in [1.54, 1.807) is 0 Å². The van der Waals surface area contributed by atoms with Crippen molar-refractivity contribution in [2.75, 3.05) is 13.1 Å². The van der Waals surface area contributed by atoms with Gasteiger partial charge in [-0.15, -0.1) is 12.4 Å². The van der Waals surface area contributed by atoms with Crippen LogP contribution in [-0.2, 0) is 10.0 Å². The SMILES string of the molecule is CC1(C)CN(S(=O)(=O)c2ccc(Cl)cc2F)CCC1N.Cl. The van der Waals surface area contributed by atoms with Crippen molar-refractivity contribution in [3.63, 3.8) is 0 Å². The number of benzene rings is 1. The van der Waals surface area contributed by atoms with Crippen molar-refractivity contribution in [1.29, 1.82) is 0 Å². The fraction of sp³-hybridized carbons (Fsp3) is 0.538. The van der Waals surface area contributed by atoms with Gasteiger partial charge in [0.05, 0.1) is 0 Å². The minimum atomic E-state index is -3.86. The van der Waals surface area contributed by atoms with Crippen LogP contribution in [0.5, 0.6) is 0 Å². The molecule has 0 spiro atoms. The Morgan fingerprint density at radius 3 is 2.57 bits per heavy atom. The van der Waals surface area contributed by atoms with Gasteiger partial charge in [-0.2, -0.15) is 4.31 Å². The van der Waals surface area contributed by atoms with Crippen molar-refractivity contribution in [3.8, 4) is 0 Å².